The van der Waals surface area contributed by atoms with Gasteiger partial charge in [0.1, 0.15) is 146 Å². The first-order valence-electron chi connectivity index (χ1n) is 23.8. The Bertz CT molecular complexity index is 1650. The van der Waals surface area contributed by atoms with Crippen LogP contribution in [-0.4, -0.2) is 334 Å². The molecule has 0 saturated carbocycles. The lowest BCUT2D eigenvalue weighted by atomic mass is 9.94. The summed E-state index contributed by atoms with van der Waals surface area (Å²) in [6.07, 6.45) is -60.5. The lowest BCUT2D eigenvalue weighted by Gasteiger charge is -2.51. The Morgan fingerprint density at radius 1 is 0.288 bits per heavy atom. The zero-order valence-electron chi connectivity index (χ0n) is 38.8. The maximum Gasteiger partial charge on any atom is 0.187 e. The van der Waals surface area contributed by atoms with Gasteiger partial charge in [-0.15, -0.1) is 0 Å². The van der Waals surface area contributed by atoms with E-state index in [-0.39, 0.29) is 25.9 Å². The van der Waals surface area contributed by atoms with Gasteiger partial charge in [0.05, 0.1) is 39.6 Å². The van der Waals surface area contributed by atoms with Gasteiger partial charge in [-0.3, -0.25) is 0 Å². The molecule has 22 saturated heterocycles. The van der Waals surface area contributed by atoms with Crippen molar-refractivity contribution in [3.63, 3.8) is 0 Å². The van der Waals surface area contributed by atoms with E-state index in [1.807, 2.05) is 0 Å². The summed E-state index contributed by atoms with van der Waals surface area (Å²) in [5.74, 6) is 0. The van der Waals surface area contributed by atoms with Gasteiger partial charge >= 0.3 is 0 Å². The molecule has 22 aliphatic heterocycles. The summed E-state index contributed by atoms with van der Waals surface area (Å²) in [4.78, 5) is 0. The largest absolute Gasteiger partial charge is 0.396 e. The summed E-state index contributed by atoms with van der Waals surface area (Å²) in [5, 5.41) is 208. The Hall–Kier alpha value is -1.28. The molecule has 73 heavy (non-hydrogen) atoms. The lowest BCUT2D eigenvalue weighted by Crippen LogP contribution is -2.69. The molecular weight excluding hydrogens is 1000 g/mol. The molecule has 32 heteroatoms. The quantitative estimate of drug-likeness (QED) is 0.0637. The van der Waals surface area contributed by atoms with Crippen LogP contribution in [0.2, 0.25) is 0 Å². The first kappa shape index (κ1) is 59.4. The molecule has 22 aliphatic rings. The van der Waals surface area contributed by atoms with E-state index >= 15 is 0 Å². The molecule has 22 heterocycles. The predicted molar refractivity (Wildman–Crippen MR) is 222 cm³/mol. The van der Waals surface area contributed by atoms with Gasteiger partial charge in [-0.25, -0.2) is 0 Å². The first-order valence-corrected chi connectivity index (χ1v) is 23.8. The van der Waals surface area contributed by atoms with Crippen molar-refractivity contribution in [1.82, 2.24) is 0 Å². The normalized spacial score (nSPS) is 51.7. The summed E-state index contributed by atoms with van der Waals surface area (Å²) in [6, 6.07) is 0. The van der Waals surface area contributed by atoms with Crippen LogP contribution in [0.3, 0.4) is 0 Å². The summed E-state index contributed by atoms with van der Waals surface area (Å²) in [5.41, 5.74) is 0. The highest BCUT2D eigenvalue weighted by Gasteiger charge is 2.59. The van der Waals surface area contributed by atoms with Crippen molar-refractivity contribution >= 4 is 0 Å². The summed E-state index contributed by atoms with van der Waals surface area (Å²) in [6.45, 7) is -6.38. The van der Waals surface area contributed by atoms with E-state index in [1.165, 1.54) is 0 Å². The van der Waals surface area contributed by atoms with Gasteiger partial charge in [-0.1, -0.05) is 0 Å². The van der Waals surface area contributed by atoms with Crippen LogP contribution in [0.5, 0.6) is 0 Å². The minimum Gasteiger partial charge on any atom is -0.396 e. The van der Waals surface area contributed by atoms with Crippen LogP contribution in [0.1, 0.15) is 19.3 Å². The fourth-order valence-electron chi connectivity index (χ4n) is 9.75. The van der Waals surface area contributed by atoms with E-state index in [2.05, 4.69) is 0 Å². The van der Waals surface area contributed by atoms with Crippen molar-refractivity contribution in [3.8, 4) is 0 Å². The summed E-state index contributed by atoms with van der Waals surface area (Å²) >= 11 is 0. The molecule has 0 radical (unpaired) electrons. The average molecular weight is 1070 g/mol. The third kappa shape index (κ3) is 12.5. The molecule has 32 nitrogen and oxygen atoms in total. The number of ether oxygens (including phenoxy) is 13. The van der Waals surface area contributed by atoms with E-state index in [0.717, 1.165) is 0 Å². The average Bonchev–Trinajstić information content (AvgIpc) is 3.38. The molecule has 31 atom stereocenters. The number of rotatable bonds is 12. The van der Waals surface area contributed by atoms with E-state index in [9.17, 15) is 97.0 Å². The molecule has 0 aliphatic carbocycles. The lowest BCUT2D eigenvalue weighted by molar-refractivity contribution is -0.407. The van der Waals surface area contributed by atoms with Gasteiger partial charge in [0.2, 0.25) is 0 Å². The van der Waals surface area contributed by atoms with Crippen LogP contribution < -0.4 is 0 Å². The van der Waals surface area contributed by atoms with Crippen LogP contribution >= 0.6 is 0 Å². The Morgan fingerprint density at radius 3 is 0.767 bits per heavy atom. The van der Waals surface area contributed by atoms with Gasteiger partial charge in [0.15, 0.2) is 44.0 Å². The highest BCUT2D eigenvalue weighted by Crippen LogP contribution is 2.39. The standard InChI is InChI=1S/C41H70O32/c42-4-2-1-3-17(49)67-35-28(60)41-66-16(10-48)34(35)73-40-27(59)22(54)32(14(8-46)65-40)71-38-25(57)20(52)30(12(6-44)63-38)69-36-23(55)18(50)29(11(5-43)61-36)68-37-24(56)19(51)31(13(7-45)62-37)70-39-26(58)21(53)33(72-41)15(9-47)64-39/h11-60H,1-10H2/t11-,12-,13-,14-,15-,16-,17?,18-,19-,20-,21-,22-,23-,24-,25-,26-,27-,28-,29-,30-,31-,32-,33-,34+,35-,36-,37-,38-,39-,40-,41-/m1/s1. The van der Waals surface area contributed by atoms with Crippen LogP contribution in [0.25, 0.3) is 0 Å². The second-order valence-electron chi connectivity index (χ2n) is 18.6. The fraction of sp³-hybridized carbons (Fsp3) is 1.00. The fourth-order valence-corrected chi connectivity index (χ4v) is 9.75. The van der Waals surface area contributed by atoms with Crippen molar-refractivity contribution in [3.05, 3.63) is 0 Å². The van der Waals surface area contributed by atoms with E-state index in [1.54, 1.807) is 0 Å². The Balaban J connectivity index is 1.22. The van der Waals surface area contributed by atoms with Crippen molar-refractivity contribution in [2.24, 2.45) is 0 Å². The molecule has 0 amide bonds. The molecule has 0 aromatic carbocycles. The van der Waals surface area contributed by atoms with Crippen LogP contribution in [0.15, 0.2) is 0 Å². The number of aliphatic hydroxyl groups excluding tert-OH is 19. The maximum absolute atomic E-state index is 11.8. The molecule has 22 fully saturated rings. The van der Waals surface area contributed by atoms with Crippen molar-refractivity contribution in [1.29, 1.82) is 0 Å². The number of hydrogen-bond donors (Lipinski definition) is 19. The molecule has 19 N–H and O–H groups in total. The monoisotopic (exact) mass is 1070 g/mol. The highest BCUT2D eigenvalue weighted by atomic mass is 16.8. The Kier molecular flexibility index (Phi) is 21.2. The van der Waals surface area contributed by atoms with Crippen LogP contribution in [0, 0.1) is 0 Å². The number of aliphatic hydroxyl groups is 19. The molecule has 1 unspecified atom stereocenters. The van der Waals surface area contributed by atoms with E-state index in [4.69, 9.17) is 61.6 Å². The van der Waals surface area contributed by atoms with Gasteiger partial charge < -0.3 is 159 Å². The van der Waals surface area contributed by atoms with Crippen molar-refractivity contribution in [2.75, 3.05) is 46.2 Å². The molecule has 0 spiro atoms. The van der Waals surface area contributed by atoms with Gasteiger partial charge in [-0.2, -0.15) is 0 Å². The van der Waals surface area contributed by atoms with Crippen molar-refractivity contribution < 1.29 is 159 Å². The minimum absolute atomic E-state index is 0.157. The van der Waals surface area contributed by atoms with Crippen LogP contribution in [0.4, 0.5) is 0 Å². The van der Waals surface area contributed by atoms with E-state index < -0.39 is 230 Å². The van der Waals surface area contributed by atoms with Gasteiger partial charge in [0, 0.05) is 6.61 Å². The zero-order valence-corrected chi connectivity index (χ0v) is 38.8. The smallest absolute Gasteiger partial charge is 0.187 e. The van der Waals surface area contributed by atoms with Gasteiger partial charge in [0.25, 0.3) is 0 Å². The second-order valence-corrected chi connectivity index (χ2v) is 18.6. The van der Waals surface area contributed by atoms with Crippen molar-refractivity contribution in [2.45, 2.75) is 210 Å². The Labute approximate surface area is 414 Å². The molecule has 0 aromatic heterocycles. The van der Waals surface area contributed by atoms with Crippen LogP contribution in [-0.2, 0) is 61.6 Å². The minimum atomic E-state index is -2.19. The summed E-state index contributed by atoms with van der Waals surface area (Å²) < 4.78 is 74.9. The second kappa shape index (κ2) is 26.1. The predicted octanol–water partition coefficient (Wildman–Crippen LogP) is -12.5. The molecular formula is C41H70O32. The van der Waals surface area contributed by atoms with E-state index in [0.29, 0.717) is 0 Å². The van der Waals surface area contributed by atoms with Gasteiger partial charge in [-0.05, 0) is 19.3 Å². The topological polar surface area (TPSA) is 504 Å². The Morgan fingerprint density at radius 2 is 0.521 bits per heavy atom. The first-order chi connectivity index (χ1) is 34.9. The highest BCUT2D eigenvalue weighted by molar-refractivity contribution is 5.01. The third-order valence-corrected chi connectivity index (χ3v) is 13.8. The number of hydrogen-bond acceptors (Lipinski definition) is 32. The molecule has 12 bridgehead atoms. The molecule has 0 aromatic rings. The molecule has 22 rings (SSSR count). The summed E-state index contributed by atoms with van der Waals surface area (Å²) in [7, 11) is 0. The third-order valence-electron chi connectivity index (χ3n) is 13.8. The number of unbranched alkanes of at least 4 members (excludes halogenated alkanes) is 1. The maximum atomic E-state index is 11.8. The SMILES string of the molecule is OCCCCC(O)O[C@@H]1[C@@H](O)[C@H]2O[C@H]3[C@H](O)[C@@H](O)[C@@H](O[C@H]4[C@H](O)[C@@H](O)[C@@H](O[C@H]5[C@H](O)[C@@H](O)[C@@H](O[C@H]6[C@H](O)[C@@H](O)[C@@H](O[C@H]7[C@H](O)[C@@H](O)[C@@H](O[C@H]1[C@@H](CO)O2)O[C@@H]7CO)O[C@@H]6CO)O[C@@H]5CO)O[C@@H]4CO)O[C@@H]3CO. The zero-order chi connectivity index (χ0) is 53.2. The molecule has 426 valence electrons.